The van der Waals surface area contributed by atoms with Crippen molar-refractivity contribution in [3.05, 3.63) is 64.7 Å². The van der Waals surface area contributed by atoms with Gasteiger partial charge in [0.05, 0.1) is 7.11 Å². The van der Waals surface area contributed by atoms with Crippen LogP contribution in [-0.2, 0) is 20.9 Å². The van der Waals surface area contributed by atoms with Gasteiger partial charge in [0.15, 0.2) is 6.61 Å². The largest absolute Gasteiger partial charge is 0.484 e. The number of primary amides is 1. The Morgan fingerprint density at radius 1 is 1.11 bits per heavy atom. The Kier molecular flexibility index (Phi) is 7.19. The molecular weight excluding hydrogens is 372 g/mol. The molecule has 142 valence electrons. The molecule has 27 heavy (non-hydrogen) atoms. The van der Waals surface area contributed by atoms with Crippen LogP contribution < -0.4 is 10.5 Å². The molecule has 7 nitrogen and oxygen atoms in total. The lowest BCUT2D eigenvalue weighted by Gasteiger charge is -2.22. The lowest BCUT2D eigenvalue weighted by molar-refractivity contribution is -0.148. The number of halogens is 1. The smallest absolute Gasteiger partial charge is 0.325 e. The summed E-state index contributed by atoms with van der Waals surface area (Å²) in [6.07, 6.45) is 0. The van der Waals surface area contributed by atoms with Crippen LogP contribution in [0.4, 0.5) is 0 Å². The highest BCUT2D eigenvalue weighted by molar-refractivity contribution is 6.30. The van der Waals surface area contributed by atoms with Crippen molar-refractivity contribution in [3.63, 3.8) is 0 Å². The van der Waals surface area contributed by atoms with Crippen LogP contribution in [0.15, 0.2) is 48.5 Å². The number of nitrogens with zero attached hydrogens (tertiary/aromatic N) is 1. The van der Waals surface area contributed by atoms with E-state index in [0.717, 1.165) is 5.56 Å². The van der Waals surface area contributed by atoms with Crippen molar-refractivity contribution in [3.8, 4) is 5.75 Å². The molecule has 0 aliphatic carbocycles. The number of amides is 2. The van der Waals surface area contributed by atoms with Gasteiger partial charge in [-0.3, -0.25) is 14.4 Å². The SMILES string of the molecule is COC(=O)CN(Cc1ccc(Cl)cc1)C(=O)COc1cccc(C(N)=O)c1. The summed E-state index contributed by atoms with van der Waals surface area (Å²) in [5, 5.41) is 0.572. The summed E-state index contributed by atoms with van der Waals surface area (Å²) in [6.45, 7) is -0.342. The number of rotatable bonds is 8. The summed E-state index contributed by atoms with van der Waals surface area (Å²) < 4.78 is 10.1. The first-order valence-corrected chi connectivity index (χ1v) is 8.38. The molecule has 0 saturated carbocycles. The molecule has 0 spiro atoms. The molecule has 0 fully saturated rings. The van der Waals surface area contributed by atoms with Gasteiger partial charge in [-0.15, -0.1) is 0 Å². The van der Waals surface area contributed by atoms with Crippen LogP contribution in [0.1, 0.15) is 15.9 Å². The summed E-state index contributed by atoms with van der Waals surface area (Å²) in [5.41, 5.74) is 6.29. The normalized spacial score (nSPS) is 10.1. The second-order valence-electron chi connectivity index (χ2n) is 5.63. The van der Waals surface area contributed by atoms with Crippen LogP contribution in [0.25, 0.3) is 0 Å². The molecule has 0 heterocycles. The van der Waals surface area contributed by atoms with Crippen molar-refractivity contribution in [1.29, 1.82) is 0 Å². The number of hydrogen-bond donors (Lipinski definition) is 1. The van der Waals surface area contributed by atoms with Gasteiger partial charge >= 0.3 is 5.97 Å². The van der Waals surface area contributed by atoms with Crippen molar-refractivity contribution in [2.45, 2.75) is 6.54 Å². The fraction of sp³-hybridized carbons (Fsp3) is 0.211. The molecule has 2 amide bonds. The van der Waals surface area contributed by atoms with Crippen LogP contribution in [-0.4, -0.2) is 42.9 Å². The van der Waals surface area contributed by atoms with Gasteiger partial charge in [-0.25, -0.2) is 0 Å². The predicted molar refractivity (Wildman–Crippen MR) is 99.3 cm³/mol. The maximum Gasteiger partial charge on any atom is 0.325 e. The van der Waals surface area contributed by atoms with Gasteiger partial charge < -0.3 is 20.1 Å². The Hall–Kier alpha value is -3.06. The van der Waals surface area contributed by atoms with E-state index in [9.17, 15) is 14.4 Å². The predicted octanol–water partition coefficient (Wildman–Crippen LogP) is 2.02. The van der Waals surface area contributed by atoms with Crippen LogP contribution in [0.5, 0.6) is 5.75 Å². The second-order valence-corrected chi connectivity index (χ2v) is 6.07. The molecule has 0 aliphatic heterocycles. The number of carbonyl (C=O) groups excluding carboxylic acids is 3. The van der Waals surface area contributed by atoms with Crippen LogP contribution in [0, 0.1) is 0 Å². The van der Waals surface area contributed by atoms with Crippen molar-refractivity contribution in [2.24, 2.45) is 5.73 Å². The van der Waals surface area contributed by atoms with Crippen LogP contribution >= 0.6 is 11.6 Å². The number of benzene rings is 2. The fourth-order valence-electron chi connectivity index (χ4n) is 2.24. The van der Waals surface area contributed by atoms with Gasteiger partial charge in [0.25, 0.3) is 5.91 Å². The van der Waals surface area contributed by atoms with E-state index in [1.807, 2.05) is 0 Å². The van der Waals surface area contributed by atoms with Gasteiger partial charge in [-0.1, -0.05) is 29.8 Å². The summed E-state index contributed by atoms with van der Waals surface area (Å²) >= 11 is 5.86. The lowest BCUT2D eigenvalue weighted by Crippen LogP contribution is -2.38. The Bertz CT molecular complexity index is 823. The monoisotopic (exact) mass is 390 g/mol. The maximum atomic E-state index is 12.5. The zero-order valence-corrected chi connectivity index (χ0v) is 15.4. The topological polar surface area (TPSA) is 98.9 Å². The third kappa shape index (κ3) is 6.31. The second kappa shape index (κ2) is 9.59. The van der Waals surface area contributed by atoms with Gasteiger partial charge in [-0.05, 0) is 35.9 Å². The van der Waals surface area contributed by atoms with E-state index < -0.39 is 17.8 Å². The first kappa shape index (κ1) is 20.3. The van der Waals surface area contributed by atoms with Crippen molar-refractivity contribution in [1.82, 2.24) is 4.90 Å². The number of esters is 1. The average Bonchev–Trinajstić information content (AvgIpc) is 2.67. The van der Waals surface area contributed by atoms with Crippen molar-refractivity contribution >= 4 is 29.4 Å². The molecule has 0 aromatic heterocycles. The molecule has 2 aromatic carbocycles. The number of carbonyl (C=O) groups is 3. The standard InChI is InChI=1S/C19H19ClN2O5/c1-26-18(24)11-22(10-13-5-7-15(20)8-6-13)17(23)12-27-16-4-2-3-14(9-16)19(21)25/h2-9H,10-12H2,1H3,(H2,21,25). The molecule has 0 aliphatic rings. The molecule has 0 atom stereocenters. The summed E-state index contributed by atoms with van der Waals surface area (Å²) in [4.78, 5) is 36.7. The molecule has 0 saturated heterocycles. The molecule has 2 aromatic rings. The van der Waals surface area contributed by atoms with E-state index in [1.54, 1.807) is 42.5 Å². The number of nitrogens with two attached hydrogens (primary N) is 1. The van der Waals surface area contributed by atoms with Crippen LogP contribution in [0.2, 0.25) is 5.02 Å². The number of methoxy groups -OCH3 is 1. The van der Waals surface area contributed by atoms with E-state index in [-0.39, 0.29) is 25.3 Å². The van der Waals surface area contributed by atoms with Crippen molar-refractivity contribution in [2.75, 3.05) is 20.3 Å². The quantitative estimate of drug-likeness (QED) is 0.695. The first-order chi connectivity index (χ1) is 12.9. The van der Waals surface area contributed by atoms with Crippen LogP contribution in [0.3, 0.4) is 0 Å². The summed E-state index contributed by atoms with van der Waals surface area (Å²) in [5.74, 6) is -1.24. The average molecular weight is 391 g/mol. The van der Waals surface area contributed by atoms with E-state index in [0.29, 0.717) is 10.8 Å². The highest BCUT2D eigenvalue weighted by Gasteiger charge is 2.19. The first-order valence-electron chi connectivity index (χ1n) is 8.00. The Morgan fingerprint density at radius 2 is 1.81 bits per heavy atom. The molecule has 0 radical (unpaired) electrons. The minimum atomic E-state index is -0.596. The zero-order chi connectivity index (χ0) is 19.8. The molecular formula is C19H19ClN2O5. The maximum absolute atomic E-state index is 12.5. The van der Waals surface area contributed by atoms with Gasteiger partial charge in [0.2, 0.25) is 5.91 Å². The highest BCUT2D eigenvalue weighted by atomic mass is 35.5. The van der Waals surface area contributed by atoms with Crippen molar-refractivity contribution < 1.29 is 23.9 Å². The Balaban J connectivity index is 2.06. The lowest BCUT2D eigenvalue weighted by atomic mass is 10.2. The van der Waals surface area contributed by atoms with E-state index in [2.05, 4.69) is 4.74 Å². The number of ether oxygens (including phenoxy) is 2. The fourth-order valence-corrected chi connectivity index (χ4v) is 2.36. The molecule has 0 bridgehead atoms. The van der Waals surface area contributed by atoms with Gasteiger partial charge in [0, 0.05) is 17.1 Å². The van der Waals surface area contributed by atoms with E-state index in [1.165, 1.54) is 18.1 Å². The Morgan fingerprint density at radius 3 is 2.44 bits per heavy atom. The summed E-state index contributed by atoms with van der Waals surface area (Å²) in [6, 6.07) is 13.1. The minimum absolute atomic E-state index is 0.190. The summed E-state index contributed by atoms with van der Waals surface area (Å²) in [7, 11) is 1.25. The third-order valence-electron chi connectivity index (χ3n) is 3.67. The minimum Gasteiger partial charge on any atom is -0.484 e. The number of hydrogen-bond acceptors (Lipinski definition) is 5. The zero-order valence-electron chi connectivity index (χ0n) is 14.7. The molecule has 8 heteroatoms. The molecule has 0 unspecified atom stereocenters. The Labute approximate surface area is 161 Å². The van der Waals surface area contributed by atoms with Gasteiger partial charge in [-0.2, -0.15) is 0 Å². The molecule has 2 N–H and O–H groups in total. The van der Waals surface area contributed by atoms with E-state index in [4.69, 9.17) is 22.1 Å². The third-order valence-corrected chi connectivity index (χ3v) is 3.92. The van der Waals surface area contributed by atoms with E-state index >= 15 is 0 Å². The van der Waals surface area contributed by atoms with Gasteiger partial charge in [0.1, 0.15) is 12.3 Å². The molecule has 2 rings (SSSR count). The highest BCUT2D eigenvalue weighted by Crippen LogP contribution is 2.14.